The summed E-state index contributed by atoms with van der Waals surface area (Å²) in [5.74, 6) is 6.31. The van der Waals surface area contributed by atoms with E-state index in [9.17, 15) is 9.90 Å². The van der Waals surface area contributed by atoms with E-state index in [4.69, 9.17) is 18.9 Å². The molecule has 4 aliphatic carbocycles. The monoisotopic (exact) mass is 898 g/mol. The fourth-order valence-electron chi connectivity index (χ4n) is 13.2. The van der Waals surface area contributed by atoms with Crippen LogP contribution in [0.15, 0.2) is 127 Å². The molecule has 1 amide bonds. The maximum absolute atomic E-state index is 13.4. The Morgan fingerprint density at radius 1 is 0.848 bits per heavy atom. The van der Waals surface area contributed by atoms with Gasteiger partial charge in [0.2, 0.25) is 0 Å². The highest BCUT2D eigenvalue weighted by Gasteiger charge is 2.59. The van der Waals surface area contributed by atoms with Gasteiger partial charge in [-0.1, -0.05) is 139 Å². The maximum atomic E-state index is 13.4. The normalized spacial score (nSPS) is 27.3. The second-order valence-electron chi connectivity index (χ2n) is 21.0. The topological polar surface area (TPSA) is 86.3 Å². The van der Waals surface area contributed by atoms with Gasteiger partial charge in [-0.2, -0.15) is 0 Å². The molecule has 0 bridgehead atoms. The molecule has 356 valence electrons. The number of carbonyl (C=O) groups excluding carboxylic acids is 1. The third-order valence-electron chi connectivity index (χ3n) is 16.7. The zero-order chi connectivity index (χ0) is 46.9. The van der Waals surface area contributed by atoms with E-state index in [0.717, 1.165) is 83.0 Å². The Balaban J connectivity index is 0.931. The number of hydrogen-bond donors (Lipinski definition) is 2. The van der Waals surface area contributed by atoms with Crippen LogP contribution in [0, 0.1) is 46.3 Å². The molecule has 3 aromatic carbocycles. The molecule has 0 radical (unpaired) electrons. The first-order valence-corrected chi connectivity index (χ1v) is 25.2. The Kier molecular flexibility index (Phi) is 16.5. The van der Waals surface area contributed by atoms with Crippen LogP contribution in [0.25, 0.3) is 0 Å². The quantitative estimate of drug-likeness (QED) is 0.0667. The first-order valence-electron chi connectivity index (χ1n) is 25.2. The Labute approximate surface area is 397 Å². The third-order valence-corrected chi connectivity index (χ3v) is 16.7. The van der Waals surface area contributed by atoms with Crippen molar-refractivity contribution in [1.29, 1.82) is 0 Å². The molecule has 66 heavy (non-hydrogen) atoms. The number of alkyl carbamates (subject to hydrolysis) is 1. The lowest BCUT2D eigenvalue weighted by molar-refractivity contribution is -0.0580. The molecule has 0 aromatic heterocycles. The number of benzene rings is 3. The van der Waals surface area contributed by atoms with Gasteiger partial charge in [-0.05, 0) is 157 Å². The van der Waals surface area contributed by atoms with Crippen LogP contribution in [-0.4, -0.2) is 44.2 Å². The molecule has 5 unspecified atom stereocenters. The summed E-state index contributed by atoms with van der Waals surface area (Å²) in [5.41, 5.74) is 4.62. The molecule has 7 nitrogen and oxygen atoms in total. The SMILES string of the molecule is C=C/C=C(\C=C/CC(O)CCOC(c1ccccc1)(c1ccc(OC)cc1)c1ccc(OC)cc1)NC(=O)O[C@@H]1CCC2(C)C(=CCC3C2CC[C@]2(C)C3CC[C@H]2[C@@H](C)CCCC(C)C)C1. The zero-order valence-corrected chi connectivity index (χ0v) is 41.1. The Morgan fingerprint density at radius 2 is 1.52 bits per heavy atom. The summed E-state index contributed by atoms with van der Waals surface area (Å²) in [6.45, 7) is 16.6. The van der Waals surface area contributed by atoms with Gasteiger partial charge in [0, 0.05) is 12.1 Å². The molecule has 7 heteroatoms. The molecule has 0 saturated heterocycles. The first-order chi connectivity index (χ1) is 31.8. The number of allylic oxidation sites excluding steroid dienone is 4. The minimum Gasteiger partial charge on any atom is -0.497 e. The van der Waals surface area contributed by atoms with Crippen molar-refractivity contribution in [2.75, 3.05) is 20.8 Å². The Morgan fingerprint density at radius 3 is 2.15 bits per heavy atom. The lowest BCUT2D eigenvalue weighted by Crippen LogP contribution is -2.51. The van der Waals surface area contributed by atoms with E-state index in [2.05, 4.69) is 64.7 Å². The van der Waals surface area contributed by atoms with Gasteiger partial charge in [0.1, 0.15) is 23.2 Å². The van der Waals surface area contributed by atoms with E-state index in [0.29, 0.717) is 24.0 Å². The molecule has 0 spiro atoms. The van der Waals surface area contributed by atoms with E-state index in [1.165, 1.54) is 56.9 Å². The van der Waals surface area contributed by atoms with Crippen molar-refractivity contribution in [2.45, 2.75) is 136 Å². The van der Waals surface area contributed by atoms with Crippen LogP contribution >= 0.6 is 0 Å². The van der Waals surface area contributed by atoms with Crippen molar-refractivity contribution >= 4 is 6.09 Å². The molecular weight excluding hydrogens is 819 g/mol. The molecule has 2 N–H and O–H groups in total. The maximum Gasteiger partial charge on any atom is 0.411 e. The molecule has 0 heterocycles. The summed E-state index contributed by atoms with van der Waals surface area (Å²) in [4.78, 5) is 13.4. The van der Waals surface area contributed by atoms with Gasteiger partial charge < -0.3 is 24.1 Å². The van der Waals surface area contributed by atoms with Crippen LogP contribution in [-0.2, 0) is 15.1 Å². The first kappa shape index (κ1) is 49.3. The number of rotatable bonds is 20. The Hall–Kier alpha value is -4.59. The van der Waals surface area contributed by atoms with Crippen LogP contribution in [0.4, 0.5) is 4.79 Å². The number of fused-ring (bicyclic) bond motifs is 5. The van der Waals surface area contributed by atoms with E-state index >= 15 is 0 Å². The number of nitrogens with one attached hydrogen (secondary N) is 1. The van der Waals surface area contributed by atoms with E-state index in [1.807, 2.05) is 78.9 Å². The van der Waals surface area contributed by atoms with Crippen molar-refractivity contribution in [1.82, 2.24) is 5.32 Å². The van der Waals surface area contributed by atoms with E-state index in [-0.39, 0.29) is 18.1 Å². The minimum atomic E-state index is -0.963. The Bertz CT molecular complexity index is 2090. The molecule has 4 aliphatic rings. The smallest absolute Gasteiger partial charge is 0.411 e. The highest BCUT2D eigenvalue weighted by Crippen LogP contribution is 2.67. The lowest BCUT2D eigenvalue weighted by Gasteiger charge is -2.58. The van der Waals surface area contributed by atoms with Crippen LogP contribution in [0.5, 0.6) is 11.5 Å². The van der Waals surface area contributed by atoms with E-state index < -0.39 is 17.8 Å². The number of aliphatic hydroxyl groups is 1. The third kappa shape index (κ3) is 10.7. The number of carbonyl (C=O) groups is 1. The van der Waals surface area contributed by atoms with Gasteiger partial charge in [-0.15, -0.1) is 0 Å². The summed E-state index contributed by atoms with van der Waals surface area (Å²) in [6.07, 6.45) is 22.7. The molecule has 3 fully saturated rings. The largest absolute Gasteiger partial charge is 0.497 e. The second-order valence-corrected chi connectivity index (χ2v) is 21.0. The van der Waals surface area contributed by atoms with Crippen LogP contribution < -0.4 is 14.8 Å². The average Bonchev–Trinajstić information content (AvgIpc) is 3.68. The van der Waals surface area contributed by atoms with Gasteiger partial charge in [-0.3, -0.25) is 5.32 Å². The zero-order valence-electron chi connectivity index (χ0n) is 41.1. The summed E-state index contributed by atoms with van der Waals surface area (Å²) in [7, 11) is 3.31. The number of hydrogen-bond acceptors (Lipinski definition) is 6. The van der Waals surface area contributed by atoms with Crippen LogP contribution in [0.2, 0.25) is 0 Å². The van der Waals surface area contributed by atoms with Gasteiger partial charge in [0.05, 0.1) is 26.9 Å². The number of amides is 1. The molecule has 3 aromatic rings. The predicted octanol–water partition coefficient (Wildman–Crippen LogP) is 13.9. The standard InChI is InChI=1S/C59H79NO6/c1-9-15-47(20-14-21-48(61)36-39-65-59(43-18-11-10-12-19-43,44-22-27-49(63-7)28-23-44)45-24-29-50(64-8)30-25-45)60-56(62)66-51-34-37-57(5)46(40-51)26-31-52-54-33-32-53(42(4)17-13-16-41(2)3)58(54,6)38-35-55(52)57/h9-12,14-15,18-20,22-30,41-42,48,51-55,61H,1,13,16-17,21,31-40H2,2-8H3,(H,60,62)/b20-14-,47-15+/t42-,48?,51+,52?,53-,54?,55?,57?,58-/m0/s1. The van der Waals surface area contributed by atoms with Gasteiger partial charge in [0.15, 0.2) is 0 Å². The minimum absolute atomic E-state index is 0.146. The lowest BCUT2D eigenvalue weighted by atomic mass is 9.47. The average molecular weight is 898 g/mol. The van der Waals surface area contributed by atoms with Crippen molar-refractivity contribution in [2.24, 2.45) is 46.3 Å². The molecule has 9 atom stereocenters. The second kappa shape index (κ2) is 22.0. The van der Waals surface area contributed by atoms with Gasteiger partial charge >= 0.3 is 6.09 Å². The summed E-state index contributed by atoms with van der Waals surface area (Å²) >= 11 is 0. The van der Waals surface area contributed by atoms with Crippen LogP contribution in [0.3, 0.4) is 0 Å². The van der Waals surface area contributed by atoms with Crippen LogP contribution in [0.1, 0.15) is 135 Å². The summed E-state index contributed by atoms with van der Waals surface area (Å²) < 4.78 is 24.1. The fraction of sp³-hybridized carbons (Fsp3) is 0.542. The van der Waals surface area contributed by atoms with Crippen molar-refractivity contribution in [3.63, 3.8) is 0 Å². The fourth-order valence-corrected chi connectivity index (χ4v) is 13.2. The number of aliphatic hydroxyl groups excluding tert-OH is 1. The van der Waals surface area contributed by atoms with Gasteiger partial charge in [-0.25, -0.2) is 4.79 Å². The van der Waals surface area contributed by atoms with Crippen molar-refractivity contribution < 1.29 is 28.8 Å². The molecule has 3 saturated carbocycles. The van der Waals surface area contributed by atoms with Crippen molar-refractivity contribution in [3.05, 3.63) is 144 Å². The number of ether oxygens (including phenoxy) is 4. The molecular formula is C59H79NO6. The van der Waals surface area contributed by atoms with Gasteiger partial charge in [0.25, 0.3) is 0 Å². The molecule has 0 aliphatic heterocycles. The highest BCUT2D eigenvalue weighted by molar-refractivity contribution is 5.70. The summed E-state index contributed by atoms with van der Waals surface area (Å²) in [6, 6.07) is 26.0. The number of methoxy groups -OCH3 is 2. The molecule has 7 rings (SSSR count). The predicted molar refractivity (Wildman–Crippen MR) is 267 cm³/mol. The summed E-state index contributed by atoms with van der Waals surface area (Å²) in [5, 5.41) is 14.2. The highest BCUT2D eigenvalue weighted by atomic mass is 16.6. The van der Waals surface area contributed by atoms with Crippen molar-refractivity contribution in [3.8, 4) is 11.5 Å². The van der Waals surface area contributed by atoms with E-state index in [1.54, 1.807) is 26.4 Å².